The molecule has 9 heteroatoms. The van der Waals surface area contributed by atoms with Crippen LogP contribution in [0.2, 0.25) is 0 Å². The minimum atomic E-state index is -6.00. The second-order valence-corrected chi connectivity index (χ2v) is 6.69. The molecule has 0 heterocycles. The zero-order valence-electron chi connectivity index (χ0n) is 13.0. The fourth-order valence-electron chi connectivity index (χ4n) is 1.69. The van der Waals surface area contributed by atoms with Crippen LogP contribution in [-0.4, -0.2) is 13.4 Å². The Labute approximate surface area is 143 Å². The molecule has 2 aromatic carbocycles. The summed E-state index contributed by atoms with van der Waals surface area (Å²) in [6, 6.07) is 16.8. The van der Waals surface area contributed by atoms with Crippen molar-refractivity contribution in [2.75, 3.05) is 0 Å². The van der Waals surface area contributed by atoms with Gasteiger partial charge >= 0.3 is 13.4 Å². The van der Waals surface area contributed by atoms with Crippen LogP contribution in [0.4, 0.5) is 30.4 Å². The number of alkyl halides is 3. The molecule has 0 saturated heterocycles. The van der Waals surface area contributed by atoms with Gasteiger partial charge in [-0.25, -0.2) is 0 Å². The first-order valence-electron chi connectivity index (χ1n) is 6.94. The third kappa shape index (κ3) is 9.86. The molecule has 0 radical (unpaired) electrons. The number of allylic oxidation sites excluding steroid dienone is 1. The highest BCUT2D eigenvalue weighted by atomic mass is 32.2. The van der Waals surface area contributed by atoms with Gasteiger partial charge in [0, 0.05) is 0 Å². The molecule has 0 N–H and O–H groups in total. The minimum Gasteiger partial charge on any atom is -0.418 e. The molecule has 0 aliphatic carbocycles. The summed E-state index contributed by atoms with van der Waals surface area (Å²) in [6.07, 6.45) is -3.96. The quantitative estimate of drug-likeness (QED) is 0.327. The van der Waals surface area contributed by atoms with Crippen molar-refractivity contribution in [2.45, 2.75) is 22.9 Å². The maximum atomic E-state index is 12.4. The Morgan fingerprint density at radius 2 is 1.24 bits per heavy atom. The van der Waals surface area contributed by atoms with E-state index in [0.717, 1.165) is 15.4 Å². The topological polar surface area (TPSA) is 0 Å². The van der Waals surface area contributed by atoms with Crippen LogP contribution in [0.1, 0.15) is 5.56 Å². The van der Waals surface area contributed by atoms with Gasteiger partial charge in [-0.15, -0.1) is 0 Å². The Bertz CT molecular complexity index is 658. The van der Waals surface area contributed by atoms with Crippen LogP contribution in [0.15, 0.2) is 75.9 Å². The standard InChI is InChI=1S/C16H14F3S.BF4/c1-13-7-9-15(10-8-13)20(12-11-16(17,18)19)14-5-3-2-4-6-14;2-1(3,4)5/h2-12H,1H3;/q+1;-1/b12-11+;. The largest absolute Gasteiger partial charge is 0.673 e. The lowest BCUT2D eigenvalue weighted by Crippen LogP contribution is -2.05. The zero-order valence-corrected chi connectivity index (χ0v) is 13.8. The van der Waals surface area contributed by atoms with Crippen LogP contribution < -0.4 is 0 Å². The van der Waals surface area contributed by atoms with Crippen LogP contribution >= 0.6 is 0 Å². The predicted octanol–water partition coefficient (Wildman–Crippen LogP) is 6.41. The van der Waals surface area contributed by atoms with Gasteiger partial charge in [-0.2, -0.15) is 13.2 Å². The van der Waals surface area contributed by atoms with E-state index in [0.29, 0.717) is 6.08 Å². The second-order valence-electron chi connectivity index (χ2n) is 4.80. The van der Waals surface area contributed by atoms with E-state index >= 15 is 0 Å². The van der Waals surface area contributed by atoms with Gasteiger partial charge in [0.05, 0.1) is 17.0 Å². The average molecular weight is 382 g/mol. The molecule has 1 unspecified atom stereocenters. The normalized spacial score (nSPS) is 13.3. The molecule has 2 rings (SSSR count). The summed E-state index contributed by atoms with van der Waals surface area (Å²) in [5.41, 5.74) is 1.09. The van der Waals surface area contributed by atoms with Crippen molar-refractivity contribution < 1.29 is 30.4 Å². The average Bonchev–Trinajstić information content (AvgIpc) is 2.47. The van der Waals surface area contributed by atoms with E-state index in [1.807, 2.05) is 61.5 Å². The highest BCUT2D eigenvalue weighted by Gasteiger charge is 2.28. The highest BCUT2D eigenvalue weighted by Crippen LogP contribution is 2.27. The van der Waals surface area contributed by atoms with Gasteiger partial charge in [0.1, 0.15) is 5.41 Å². The maximum absolute atomic E-state index is 12.4. The van der Waals surface area contributed by atoms with E-state index < -0.39 is 24.3 Å². The first-order chi connectivity index (χ1) is 11.5. The van der Waals surface area contributed by atoms with Gasteiger partial charge in [0.2, 0.25) is 0 Å². The summed E-state index contributed by atoms with van der Waals surface area (Å²) in [7, 11) is -6.71. The third-order valence-electron chi connectivity index (χ3n) is 2.67. The molecular formula is C16H14BF7S. The summed E-state index contributed by atoms with van der Waals surface area (Å²) in [6.45, 7) is 1.95. The van der Waals surface area contributed by atoms with Gasteiger partial charge in [0.15, 0.2) is 9.79 Å². The molecule has 1 atom stereocenters. The van der Waals surface area contributed by atoms with Gasteiger partial charge in [0.25, 0.3) is 0 Å². The van der Waals surface area contributed by atoms with Crippen molar-refractivity contribution in [1.29, 1.82) is 0 Å². The number of halogens is 7. The molecule has 0 fully saturated rings. The Kier molecular flexibility index (Phi) is 7.60. The molecule has 0 amide bonds. The first kappa shape index (κ1) is 21.1. The molecule has 0 aromatic heterocycles. The number of hydrogen-bond acceptors (Lipinski definition) is 0. The van der Waals surface area contributed by atoms with Crippen molar-refractivity contribution in [3.8, 4) is 0 Å². The number of aryl methyl sites for hydroxylation is 1. The number of rotatable bonds is 3. The van der Waals surface area contributed by atoms with E-state index in [4.69, 9.17) is 0 Å². The van der Waals surface area contributed by atoms with Crippen molar-refractivity contribution in [2.24, 2.45) is 0 Å². The third-order valence-corrected chi connectivity index (χ3v) is 4.63. The zero-order chi connectivity index (χ0) is 19.1. The molecule has 0 saturated carbocycles. The molecule has 0 aliphatic rings. The molecule has 136 valence electrons. The Hall–Kier alpha value is -1.90. The van der Waals surface area contributed by atoms with Crippen molar-refractivity contribution in [1.82, 2.24) is 0 Å². The lowest BCUT2D eigenvalue weighted by atomic mass is 10.2. The smallest absolute Gasteiger partial charge is 0.418 e. The van der Waals surface area contributed by atoms with Gasteiger partial charge < -0.3 is 17.3 Å². The van der Waals surface area contributed by atoms with E-state index in [2.05, 4.69) is 0 Å². The summed E-state index contributed by atoms with van der Waals surface area (Å²) in [5.74, 6) is 0. The fourth-order valence-corrected chi connectivity index (χ4v) is 3.45. The molecular weight excluding hydrogens is 368 g/mol. The monoisotopic (exact) mass is 382 g/mol. The van der Waals surface area contributed by atoms with E-state index in [1.165, 1.54) is 5.41 Å². The molecule has 0 spiro atoms. The van der Waals surface area contributed by atoms with Crippen molar-refractivity contribution in [3.63, 3.8) is 0 Å². The van der Waals surface area contributed by atoms with Crippen LogP contribution in [0.3, 0.4) is 0 Å². The summed E-state index contributed by atoms with van der Waals surface area (Å²) < 4.78 is 76.3. The summed E-state index contributed by atoms with van der Waals surface area (Å²) >= 11 is 0. The molecule has 2 aromatic rings. The second kappa shape index (κ2) is 8.98. The Balaban J connectivity index is 0.000000550. The van der Waals surface area contributed by atoms with Crippen molar-refractivity contribution >= 4 is 18.1 Å². The van der Waals surface area contributed by atoms with E-state index in [-0.39, 0.29) is 0 Å². The van der Waals surface area contributed by atoms with Gasteiger partial charge in [-0.3, -0.25) is 0 Å². The lowest BCUT2D eigenvalue weighted by Gasteiger charge is -2.04. The van der Waals surface area contributed by atoms with Crippen LogP contribution in [-0.2, 0) is 10.9 Å². The summed E-state index contributed by atoms with van der Waals surface area (Å²) in [5, 5.41) is 1.24. The van der Waals surface area contributed by atoms with Crippen LogP contribution in [0.5, 0.6) is 0 Å². The first-order valence-corrected chi connectivity index (χ1v) is 8.23. The number of benzene rings is 2. The molecule has 0 bridgehead atoms. The Morgan fingerprint density at radius 3 is 1.68 bits per heavy atom. The predicted molar refractivity (Wildman–Crippen MR) is 86.9 cm³/mol. The van der Waals surface area contributed by atoms with Crippen molar-refractivity contribution in [3.05, 3.63) is 71.6 Å². The molecule has 0 nitrogen and oxygen atoms in total. The lowest BCUT2D eigenvalue weighted by molar-refractivity contribution is -0.0796. The maximum Gasteiger partial charge on any atom is 0.673 e. The van der Waals surface area contributed by atoms with Crippen LogP contribution in [0, 0.1) is 6.92 Å². The fraction of sp³-hybridized carbons (Fsp3) is 0.125. The molecule has 0 aliphatic heterocycles. The van der Waals surface area contributed by atoms with E-state index in [9.17, 15) is 30.4 Å². The van der Waals surface area contributed by atoms with Gasteiger partial charge in [-0.05, 0) is 31.2 Å². The van der Waals surface area contributed by atoms with Crippen LogP contribution in [0.25, 0.3) is 0 Å². The minimum absolute atomic E-state index is 0.322. The SMILES string of the molecule is Cc1ccc([S+](/C=C/C(F)(F)F)c2ccccc2)cc1.F[B-](F)(F)F. The Morgan fingerprint density at radius 1 is 0.800 bits per heavy atom. The number of hydrogen-bond donors (Lipinski definition) is 0. The highest BCUT2D eigenvalue weighted by molar-refractivity contribution is 7.99. The van der Waals surface area contributed by atoms with E-state index in [1.54, 1.807) is 0 Å². The van der Waals surface area contributed by atoms with Gasteiger partial charge in [-0.1, -0.05) is 35.9 Å². The summed E-state index contributed by atoms with van der Waals surface area (Å²) in [4.78, 5) is 1.75. The molecule has 25 heavy (non-hydrogen) atoms.